The van der Waals surface area contributed by atoms with Gasteiger partial charge >= 0.3 is 6.03 Å². The summed E-state index contributed by atoms with van der Waals surface area (Å²) in [6.07, 6.45) is 0. The van der Waals surface area contributed by atoms with Crippen molar-refractivity contribution in [3.05, 3.63) is 17.0 Å². The van der Waals surface area contributed by atoms with Crippen LogP contribution in [0.5, 0.6) is 0 Å². The summed E-state index contributed by atoms with van der Waals surface area (Å²) in [4.78, 5) is 25.4. The summed E-state index contributed by atoms with van der Waals surface area (Å²) in [5.41, 5.74) is 1.07. The molecule has 110 valence electrons. The Morgan fingerprint density at radius 1 is 1.57 bits per heavy atom. The fourth-order valence-electron chi connectivity index (χ4n) is 1.86. The molecule has 0 radical (unpaired) electrons. The van der Waals surface area contributed by atoms with E-state index in [1.807, 2.05) is 18.4 Å². The third kappa shape index (κ3) is 2.93. The molecule has 3 amide bonds. The fraction of sp³-hybridized carbons (Fsp3) is 0.333. The molecule has 1 fully saturated rings. The number of imide groups is 1. The predicted octanol–water partition coefficient (Wildman–Crippen LogP) is 1.75. The molecular weight excluding hydrogens is 312 g/mol. The van der Waals surface area contributed by atoms with Crippen molar-refractivity contribution in [2.75, 3.05) is 18.8 Å². The van der Waals surface area contributed by atoms with Crippen molar-refractivity contribution in [3.63, 3.8) is 0 Å². The highest BCUT2D eigenvalue weighted by Crippen LogP contribution is 2.29. The Morgan fingerprint density at radius 2 is 2.43 bits per heavy atom. The van der Waals surface area contributed by atoms with Crippen molar-refractivity contribution in [2.24, 2.45) is 0 Å². The van der Waals surface area contributed by atoms with Gasteiger partial charge in [0.05, 0.1) is 10.6 Å². The molecule has 0 unspecified atom stereocenters. The van der Waals surface area contributed by atoms with Gasteiger partial charge in [-0.15, -0.1) is 21.5 Å². The highest BCUT2D eigenvalue weighted by Gasteiger charge is 2.26. The molecule has 1 saturated heterocycles. The maximum Gasteiger partial charge on any atom is 0.324 e. The lowest BCUT2D eigenvalue weighted by Gasteiger charge is -2.10. The van der Waals surface area contributed by atoms with E-state index in [-0.39, 0.29) is 17.7 Å². The van der Waals surface area contributed by atoms with Gasteiger partial charge in [0.2, 0.25) is 5.91 Å². The van der Waals surface area contributed by atoms with Crippen LogP contribution in [0.25, 0.3) is 10.8 Å². The summed E-state index contributed by atoms with van der Waals surface area (Å²) >= 11 is 2.66. The SMILES string of the molecule is Cc1ccsc1-c1nnc(SCC(=O)N2CCNC2=O)o1. The number of nitrogens with one attached hydrogen (secondary N) is 1. The lowest BCUT2D eigenvalue weighted by molar-refractivity contribution is -0.124. The zero-order valence-electron chi connectivity index (χ0n) is 11.2. The largest absolute Gasteiger partial charge is 0.410 e. The van der Waals surface area contributed by atoms with Gasteiger partial charge in [-0.1, -0.05) is 11.8 Å². The summed E-state index contributed by atoms with van der Waals surface area (Å²) in [6, 6.07) is 1.63. The molecule has 2 aromatic heterocycles. The van der Waals surface area contributed by atoms with E-state index in [0.717, 1.165) is 22.2 Å². The average molecular weight is 324 g/mol. The van der Waals surface area contributed by atoms with E-state index >= 15 is 0 Å². The van der Waals surface area contributed by atoms with Crippen LogP contribution in [0.1, 0.15) is 5.56 Å². The first kappa shape index (κ1) is 14.1. The number of hydrogen-bond donors (Lipinski definition) is 1. The van der Waals surface area contributed by atoms with Crippen LogP contribution in [0, 0.1) is 6.92 Å². The fourth-order valence-corrected chi connectivity index (χ4v) is 3.35. The summed E-state index contributed by atoms with van der Waals surface area (Å²) in [7, 11) is 0. The van der Waals surface area contributed by atoms with Gasteiger partial charge in [-0.3, -0.25) is 9.69 Å². The lowest BCUT2D eigenvalue weighted by Crippen LogP contribution is -2.35. The third-order valence-corrected chi connectivity index (χ3v) is 4.75. The Bertz CT molecular complexity index is 682. The monoisotopic (exact) mass is 324 g/mol. The first-order valence-corrected chi connectivity index (χ1v) is 8.10. The van der Waals surface area contributed by atoms with Crippen LogP contribution < -0.4 is 5.32 Å². The van der Waals surface area contributed by atoms with Gasteiger partial charge in [0, 0.05) is 13.1 Å². The molecule has 3 rings (SSSR count). The van der Waals surface area contributed by atoms with Gasteiger partial charge in [-0.25, -0.2) is 4.79 Å². The average Bonchev–Trinajstić information content (AvgIpc) is 3.16. The number of urea groups is 1. The smallest absolute Gasteiger partial charge is 0.324 e. The molecule has 0 aromatic carbocycles. The zero-order valence-corrected chi connectivity index (χ0v) is 12.8. The number of aromatic nitrogens is 2. The Kier molecular flexibility index (Phi) is 3.93. The number of amides is 3. The number of carbonyl (C=O) groups excluding carboxylic acids is 2. The summed E-state index contributed by atoms with van der Waals surface area (Å²) in [6.45, 7) is 2.87. The van der Waals surface area contributed by atoms with Gasteiger partial charge in [0.25, 0.3) is 11.1 Å². The maximum absolute atomic E-state index is 11.9. The van der Waals surface area contributed by atoms with Gasteiger partial charge in [-0.05, 0) is 23.9 Å². The molecule has 0 spiro atoms. The zero-order chi connectivity index (χ0) is 14.8. The quantitative estimate of drug-likeness (QED) is 0.862. The van der Waals surface area contributed by atoms with E-state index in [2.05, 4.69) is 15.5 Å². The Hall–Kier alpha value is -1.87. The summed E-state index contributed by atoms with van der Waals surface area (Å²) in [5, 5.41) is 12.8. The van der Waals surface area contributed by atoms with E-state index in [9.17, 15) is 9.59 Å². The Balaban J connectivity index is 1.62. The molecule has 1 aliphatic heterocycles. The van der Waals surface area contributed by atoms with Crippen molar-refractivity contribution in [1.82, 2.24) is 20.4 Å². The highest BCUT2D eigenvalue weighted by atomic mass is 32.2. The van der Waals surface area contributed by atoms with Crippen molar-refractivity contribution >= 4 is 35.0 Å². The lowest BCUT2D eigenvalue weighted by atomic mass is 10.3. The molecular formula is C12H12N4O3S2. The molecule has 2 aromatic rings. The minimum atomic E-state index is -0.346. The molecule has 3 heterocycles. The number of nitrogens with zero attached hydrogens (tertiary/aromatic N) is 3. The number of thioether (sulfide) groups is 1. The topological polar surface area (TPSA) is 88.3 Å². The van der Waals surface area contributed by atoms with E-state index in [1.165, 1.54) is 16.2 Å². The third-order valence-electron chi connectivity index (χ3n) is 2.94. The second-order valence-corrected chi connectivity index (χ2v) is 6.21. The first-order valence-electron chi connectivity index (χ1n) is 6.24. The number of carbonyl (C=O) groups is 2. The van der Waals surface area contributed by atoms with Crippen molar-refractivity contribution in [2.45, 2.75) is 12.1 Å². The van der Waals surface area contributed by atoms with Gasteiger partial charge in [0.1, 0.15) is 0 Å². The van der Waals surface area contributed by atoms with Crippen molar-refractivity contribution < 1.29 is 14.0 Å². The van der Waals surface area contributed by atoms with E-state index < -0.39 is 0 Å². The molecule has 0 aliphatic carbocycles. The van der Waals surface area contributed by atoms with Gasteiger partial charge in [0.15, 0.2) is 0 Å². The number of rotatable bonds is 4. The Morgan fingerprint density at radius 3 is 3.10 bits per heavy atom. The minimum absolute atomic E-state index is 0.0957. The number of thiophene rings is 1. The second-order valence-electron chi connectivity index (χ2n) is 4.37. The van der Waals surface area contributed by atoms with E-state index in [1.54, 1.807) is 0 Å². The first-order chi connectivity index (χ1) is 10.1. The van der Waals surface area contributed by atoms with Crippen LogP contribution in [0.4, 0.5) is 4.79 Å². The molecule has 9 heteroatoms. The number of aryl methyl sites for hydroxylation is 1. The standard InChI is InChI=1S/C12H12N4O3S2/c1-7-2-5-20-9(7)10-14-15-12(19-10)21-6-8(17)16-4-3-13-11(16)18/h2,5H,3-4,6H2,1H3,(H,13,18). The summed E-state index contributed by atoms with van der Waals surface area (Å²) < 4.78 is 5.53. The molecule has 21 heavy (non-hydrogen) atoms. The van der Waals surface area contributed by atoms with Gasteiger partial charge in [-0.2, -0.15) is 0 Å². The van der Waals surface area contributed by atoms with Crippen LogP contribution in [0.15, 0.2) is 21.1 Å². The maximum atomic E-state index is 11.9. The minimum Gasteiger partial charge on any atom is -0.410 e. The molecule has 1 N–H and O–H groups in total. The van der Waals surface area contributed by atoms with Crippen LogP contribution in [0.3, 0.4) is 0 Å². The highest BCUT2D eigenvalue weighted by molar-refractivity contribution is 7.99. The molecule has 1 aliphatic rings. The van der Waals surface area contributed by atoms with Crippen molar-refractivity contribution in [1.29, 1.82) is 0 Å². The predicted molar refractivity (Wildman–Crippen MR) is 78.2 cm³/mol. The van der Waals surface area contributed by atoms with E-state index in [4.69, 9.17) is 4.42 Å². The number of hydrogen-bond acceptors (Lipinski definition) is 7. The van der Waals surface area contributed by atoms with Gasteiger partial charge < -0.3 is 9.73 Å². The Labute approximate surface area is 128 Å². The molecule has 7 nitrogen and oxygen atoms in total. The van der Waals surface area contributed by atoms with Crippen molar-refractivity contribution in [3.8, 4) is 10.8 Å². The molecule has 0 atom stereocenters. The van der Waals surface area contributed by atoms with E-state index in [0.29, 0.717) is 24.2 Å². The molecule has 0 saturated carbocycles. The van der Waals surface area contributed by atoms with Crippen LogP contribution in [0.2, 0.25) is 0 Å². The van der Waals surface area contributed by atoms with Crippen LogP contribution >= 0.6 is 23.1 Å². The molecule has 0 bridgehead atoms. The van der Waals surface area contributed by atoms with Crippen LogP contribution in [-0.4, -0.2) is 45.9 Å². The summed E-state index contributed by atoms with van der Waals surface area (Å²) in [5.74, 6) is 0.289. The van der Waals surface area contributed by atoms with Crippen LogP contribution in [-0.2, 0) is 4.79 Å². The normalized spacial score (nSPS) is 14.5. The second kappa shape index (κ2) is 5.86.